The summed E-state index contributed by atoms with van der Waals surface area (Å²) in [5.74, 6) is -0.512. The predicted molar refractivity (Wildman–Crippen MR) is 65.5 cm³/mol. The lowest BCUT2D eigenvalue weighted by molar-refractivity contribution is -0.139. The summed E-state index contributed by atoms with van der Waals surface area (Å²) in [5, 5.41) is 2.63. The van der Waals surface area contributed by atoms with Crippen LogP contribution in [0.4, 0.5) is 18.9 Å². The third-order valence-corrected chi connectivity index (χ3v) is 2.24. The Morgan fingerprint density at radius 1 is 1.42 bits per heavy atom. The Morgan fingerprint density at radius 3 is 2.68 bits per heavy atom. The van der Waals surface area contributed by atoms with Crippen LogP contribution in [0.1, 0.15) is 19.4 Å². The highest BCUT2D eigenvalue weighted by atomic mass is 19.4. The zero-order valence-electron chi connectivity index (χ0n) is 10.5. The van der Waals surface area contributed by atoms with Crippen LogP contribution in [0.25, 0.3) is 0 Å². The van der Waals surface area contributed by atoms with Gasteiger partial charge >= 0.3 is 12.1 Å². The zero-order chi connectivity index (χ0) is 14.5. The Hall–Kier alpha value is -1.98. The van der Waals surface area contributed by atoms with Crippen molar-refractivity contribution >= 4 is 11.7 Å². The summed E-state index contributed by atoms with van der Waals surface area (Å²) in [6.45, 7) is 3.43. The number of hydrogen-bond acceptors (Lipinski definition) is 3. The Bertz CT molecular complexity index is 481. The van der Waals surface area contributed by atoms with Crippen molar-refractivity contribution in [1.82, 2.24) is 0 Å². The van der Waals surface area contributed by atoms with Gasteiger partial charge in [0.25, 0.3) is 0 Å². The van der Waals surface area contributed by atoms with E-state index in [1.54, 1.807) is 6.92 Å². The molecule has 0 saturated heterocycles. The van der Waals surface area contributed by atoms with E-state index in [2.05, 4.69) is 5.32 Å². The van der Waals surface area contributed by atoms with Crippen LogP contribution in [-0.4, -0.2) is 12.6 Å². The van der Waals surface area contributed by atoms with Crippen molar-refractivity contribution in [2.24, 2.45) is 0 Å². The van der Waals surface area contributed by atoms with Gasteiger partial charge in [-0.25, -0.2) is 4.79 Å². The maximum atomic E-state index is 12.5. The third-order valence-electron chi connectivity index (χ3n) is 2.24. The lowest BCUT2D eigenvalue weighted by atomic mass is 10.2. The summed E-state index contributed by atoms with van der Waals surface area (Å²) in [6, 6.07) is 4.71. The van der Waals surface area contributed by atoms with Gasteiger partial charge in [-0.05, 0) is 32.0 Å². The molecule has 0 heterocycles. The summed E-state index contributed by atoms with van der Waals surface area (Å²) < 4.78 is 42.2. The molecule has 6 heteroatoms. The summed E-state index contributed by atoms with van der Waals surface area (Å²) in [6.07, 6.45) is -3.08. The van der Waals surface area contributed by atoms with Crippen LogP contribution in [0.2, 0.25) is 0 Å². The quantitative estimate of drug-likeness (QED) is 0.673. The van der Waals surface area contributed by atoms with Gasteiger partial charge in [0.2, 0.25) is 0 Å². The van der Waals surface area contributed by atoms with Gasteiger partial charge in [0, 0.05) is 11.9 Å². The largest absolute Gasteiger partial charge is 0.463 e. The van der Waals surface area contributed by atoms with E-state index in [0.717, 1.165) is 12.1 Å². The molecule has 1 aromatic carbocycles. The minimum Gasteiger partial charge on any atom is -0.463 e. The monoisotopic (exact) mass is 273 g/mol. The number of ether oxygens (including phenoxy) is 1. The van der Waals surface area contributed by atoms with Crippen molar-refractivity contribution in [3.63, 3.8) is 0 Å². The number of nitrogens with one attached hydrogen (secondary N) is 1. The first-order valence-corrected chi connectivity index (χ1v) is 5.62. The fourth-order valence-electron chi connectivity index (χ4n) is 1.28. The fourth-order valence-corrected chi connectivity index (χ4v) is 1.28. The number of carbonyl (C=O) groups is 1. The van der Waals surface area contributed by atoms with Crippen molar-refractivity contribution in [2.45, 2.75) is 20.0 Å². The maximum Gasteiger partial charge on any atom is 0.416 e. The van der Waals surface area contributed by atoms with Crippen molar-refractivity contribution in [3.05, 3.63) is 41.6 Å². The van der Waals surface area contributed by atoms with Crippen LogP contribution in [0.3, 0.4) is 0 Å². The van der Waals surface area contributed by atoms with Crippen molar-refractivity contribution < 1.29 is 22.7 Å². The molecule has 0 aliphatic heterocycles. The second-order valence-electron chi connectivity index (χ2n) is 3.77. The van der Waals surface area contributed by atoms with Crippen LogP contribution in [-0.2, 0) is 15.7 Å². The molecule has 104 valence electrons. The van der Waals surface area contributed by atoms with Gasteiger partial charge in [0.05, 0.1) is 17.7 Å². The molecule has 1 rings (SSSR count). The van der Waals surface area contributed by atoms with Crippen molar-refractivity contribution in [1.29, 1.82) is 0 Å². The van der Waals surface area contributed by atoms with Gasteiger partial charge in [-0.2, -0.15) is 13.2 Å². The van der Waals surface area contributed by atoms with Crippen molar-refractivity contribution in [3.8, 4) is 0 Å². The molecule has 0 bridgehead atoms. The van der Waals surface area contributed by atoms with Crippen LogP contribution in [0, 0.1) is 0 Å². The predicted octanol–water partition coefficient (Wildman–Crippen LogP) is 3.58. The Labute approximate surface area is 109 Å². The zero-order valence-corrected chi connectivity index (χ0v) is 10.5. The van der Waals surface area contributed by atoms with Gasteiger partial charge in [0.15, 0.2) is 0 Å². The Kier molecular flexibility index (Phi) is 4.97. The number of hydrogen-bond donors (Lipinski definition) is 1. The van der Waals surface area contributed by atoms with E-state index < -0.39 is 17.7 Å². The normalized spacial score (nSPS) is 12.2. The second kappa shape index (κ2) is 6.26. The standard InChI is InChI=1S/C13H14F3NO2/c1-3-19-12(18)9(2)8-17-11-6-4-5-10(7-11)13(14,15)16/h4-8,17H,3H2,1-2H3/b9-8+. The van der Waals surface area contributed by atoms with Gasteiger partial charge in [0.1, 0.15) is 0 Å². The van der Waals surface area contributed by atoms with E-state index in [1.165, 1.54) is 25.3 Å². The summed E-state index contributed by atoms with van der Waals surface area (Å²) in [5.41, 5.74) is -0.225. The first kappa shape index (κ1) is 15.1. The minimum atomic E-state index is -4.39. The average Bonchev–Trinajstić information content (AvgIpc) is 2.35. The molecule has 1 N–H and O–H groups in total. The highest BCUT2D eigenvalue weighted by Crippen LogP contribution is 2.30. The molecule has 0 spiro atoms. The van der Waals surface area contributed by atoms with Gasteiger partial charge < -0.3 is 10.1 Å². The molecule has 0 radical (unpaired) electrons. The van der Waals surface area contributed by atoms with Crippen LogP contribution in [0.15, 0.2) is 36.0 Å². The molecular formula is C13H14F3NO2. The molecule has 19 heavy (non-hydrogen) atoms. The lowest BCUT2D eigenvalue weighted by Gasteiger charge is -2.09. The molecule has 0 unspecified atom stereocenters. The number of halogens is 3. The van der Waals surface area contributed by atoms with E-state index in [9.17, 15) is 18.0 Å². The highest BCUT2D eigenvalue weighted by molar-refractivity contribution is 5.88. The fraction of sp³-hybridized carbons (Fsp3) is 0.308. The number of carbonyl (C=O) groups excluding carboxylic acids is 1. The number of benzene rings is 1. The second-order valence-corrected chi connectivity index (χ2v) is 3.77. The van der Waals surface area contributed by atoms with Crippen LogP contribution < -0.4 is 5.32 Å². The molecule has 0 amide bonds. The maximum absolute atomic E-state index is 12.5. The minimum absolute atomic E-state index is 0.244. The van der Waals surface area contributed by atoms with Gasteiger partial charge in [-0.3, -0.25) is 0 Å². The number of alkyl halides is 3. The summed E-state index contributed by atoms with van der Waals surface area (Å²) in [7, 11) is 0. The van der Waals surface area contributed by atoms with E-state index in [0.29, 0.717) is 0 Å². The van der Waals surface area contributed by atoms with Crippen LogP contribution >= 0.6 is 0 Å². The smallest absolute Gasteiger partial charge is 0.416 e. The molecule has 1 aromatic rings. The first-order valence-electron chi connectivity index (χ1n) is 5.62. The number of esters is 1. The SMILES string of the molecule is CCOC(=O)/C(C)=C/Nc1cccc(C(F)(F)F)c1. The average molecular weight is 273 g/mol. The van der Waals surface area contributed by atoms with E-state index >= 15 is 0 Å². The van der Waals surface area contributed by atoms with E-state index in [1.807, 2.05) is 0 Å². The Morgan fingerprint density at radius 2 is 2.11 bits per heavy atom. The molecule has 0 fully saturated rings. The van der Waals surface area contributed by atoms with Crippen molar-refractivity contribution in [2.75, 3.05) is 11.9 Å². The summed E-state index contributed by atoms with van der Waals surface area (Å²) >= 11 is 0. The van der Waals surface area contributed by atoms with E-state index in [-0.39, 0.29) is 17.9 Å². The highest BCUT2D eigenvalue weighted by Gasteiger charge is 2.30. The van der Waals surface area contributed by atoms with E-state index in [4.69, 9.17) is 4.74 Å². The lowest BCUT2D eigenvalue weighted by Crippen LogP contribution is -2.07. The molecule has 0 aliphatic carbocycles. The number of rotatable bonds is 4. The summed E-state index contributed by atoms with van der Waals surface area (Å²) in [4.78, 5) is 11.3. The molecular weight excluding hydrogens is 259 g/mol. The van der Waals surface area contributed by atoms with Gasteiger partial charge in [-0.1, -0.05) is 6.07 Å². The Balaban J connectivity index is 2.78. The molecule has 3 nitrogen and oxygen atoms in total. The molecule has 0 saturated carbocycles. The topological polar surface area (TPSA) is 38.3 Å². The molecule has 0 atom stereocenters. The molecule has 0 aliphatic rings. The third kappa shape index (κ3) is 4.65. The molecule has 0 aromatic heterocycles. The van der Waals surface area contributed by atoms with Crippen LogP contribution in [0.5, 0.6) is 0 Å². The number of anilines is 1. The van der Waals surface area contributed by atoms with Gasteiger partial charge in [-0.15, -0.1) is 0 Å². The first-order chi connectivity index (χ1) is 8.84.